The van der Waals surface area contributed by atoms with Crippen molar-refractivity contribution in [2.45, 2.75) is 110 Å². The molecule has 0 saturated carbocycles. The number of unbranched alkanes of at least 4 members (excludes halogenated alkanes) is 10. The lowest BCUT2D eigenvalue weighted by Gasteiger charge is -2.28. The fourth-order valence-corrected chi connectivity index (χ4v) is 5.79. The molecule has 0 aliphatic rings. The summed E-state index contributed by atoms with van der Waals surface area (Å²) in [4.78, 5) is 38.3. The van der Waals surface area contributed by atoms with Crippen LogP contribution in [0.15, 0.2) is 48.5 Å². The van der Waals surface area contributed by atoms with Gasteiger partial charge in [0.2, 0.25) is 0 Å². The fourth-order valence-electron chi connectivity index (χ4n) is 5.06. The van der Waals surface area contributed by atoms with Crippen LogP contribution in [0, 0.1) is 0 Å². The van der Waals surface area contributed by atoms with E-state index >= 15 is 0 Å². The number of hydrogen-bond donors (Lipinski definition) is 0. The van der Waals surface area contributed by atoms with Gasteiger partial charge in [-0.05, 0) is 61.1 Å². The number of hydrogen-bond acceptors (Lipinski definition) is 8. The second-order valence-corrected chi connectivity index (χ2v) is 15.1. The summed E-state index contributed by atoms with van der Waals surface area (Å²) in [6.07, 6.45) is 15.2. The summed E-state index contributed by atoms with van der Waals surface area (Å²) in [6.45, 7) is 3.84. The van der Waals surface area contributed by atoms with Crippen molar-refractivity contribution in [2.24, 2.45) is 0 Å². The van der Waals surface area contributed by atoms with Gasteiger partial charge >= 0.3 is 11.9 Å². The number of likely N-dealkylation sites (N-methyl/N-ethyl adjacent to an activating group) is 1. The van der Waals surface area contributed by atoms with Gasteiger partial charge in [-0.25, -0.2) is 9.59 Å². The third-order valence-corrected chi connectivity index (χ3v) is 9.09. The van der Waals surface area contributed by atoms with Crippen LogP contribution >= 0.6 is 7.82 Å². The first-order chi connectivity index (χ1) is 22.9. The molecule has 0 heterocycles. The molecule has 0 fully saturated rings. The Morgan fingerprint density at radius 3 is 1.60 bits per heavy atom. The van der Waals surface area contributed by atoms with Gasteiger partial charge < -0.3 is 27.9 Å². The topological polar surface area (TPSA) is 111 Å². The van der Waals surface area contributed by atoms with E-state index in [1.54, 1.807) is 24.3 Å². The van der Waals surface area contributed by atoms with Crippen LogP contribution in [-0.4, -0.2) is 70.0 Å². The molecule has 0 bridgehead atoms. The van der Waals surface area contributed by atoms with Crippen molar-refractivity contribution >= 4 is 19.8 Å². The zero-order valence-corrected chi connectivity index (χ0v) is 31.0. The molecule has 2 rings (SSSR count). The molecule has 0 spiro atoms. The second kappa shape index (κ2) is 23.0. The van der Waals surface area contributed by atoms with E-state index in [2.05, 4.69) is 13.8 Å². The molecule has 1 unspecified atom stereocenters. The number of phosphoric ester groups is 1. The summed E-state index contributed by atoms with van der Waals surface area (Å²) in [5.74, 6) is -1.28. The van der Waals surface area contributed by atoms with Crippen LogP contribution in [-0.2, 0) is 35.9 Å². The van der Waals surface area contributed by atoms with E-state index in [1.807, 2.05) is 45.4 Å². The number of phosphoric acid groups is 1. The highest BCUT2D eigenvalue weighted by Crippen LogP contribution is 2.38. The monoisotopic (exact) mass is 689 g/mol. The molecule has 48 heavy (non-hydrogen) atoms. The quantitative estimate of drug-likeness (QED) is 0.0422. The van der Waals surface area contributed by atoms with E-state index in [9.17, 15) is 19.0 Å². The molecule has 0 aromatic heterocycles. The zero-order valence-electron chi connectivity index (χ0n) is 30.1. The number of nitrogens with zero attached hydrogens (tertiary/aromatic N) is 1. The van der Waals surface area contributed by atoms with E-state index in [0.717, 1.165) is 36.8 Å². The van der Waals surface area contributed by atoms with Gasteiger partial charge in [0.25, 0.3) is 7.82 Å². The SMILES string of the molecule is CCCCCCCCc1ccc(C(=O)OC[C@H](COP(=O)([O-])OCC[N+](C)(C)C)OC(=O)c2ccc(CCCCCCCC)cc2)cc1. The minimum Gasteiger partial charge on any atom is -0.756 e. The lowest BCUT2D eigenvalue weighted by molar-refractivity contribution is -0.870. The van der Waals surface area contributed by atoms with E-state index in [4.69, 9.17) is 18.5 Å². The Hall–Kier alpha value is -2.55. The molecule has 2 aromatic rings. The Morgan fingerprint density at radius 2 is 1.12 bits per heavy atom. The van der Waals surface area contributed by atoms with E-state index in [1.165, 1.54) is 64.2 Å². The summed E-state index contributed by atoms with van der Waals surface area (Å²) in [5, 5.41) is 0. The summed E-state index contributed by atoms with van der Waals surface area (Å²) < 4.78 is 34.1. The maximum absolute atomic E-state index is 13.0. The first-order valence-corrected chi connectivity index (χ1v) is 19.3. The number of benzene rings is 2. The Bertz CT molecular complexity index is 1230. The molecule has 0 N–H and O–H groups in total. The van der Waals surface area contributed by atoms with Crippen LogP contribution < -0.4 is 4.89 Å². The van der Waals surface area contributed by atoms with Gasteiger partial charge in [0, 0.05) is 0 Å². The Balaban J connectivity index is 1.97. The number of rotatable bonds is 26. The lowest BCUT2D eigenvalue weighted by Crippen LogP contribution is -2.37. The number of carbonyl (C=O) groups is 2. The third kappa shape index (κ3) is 18.8. The highest BCUT2D eigenvalue weighted by atomic mass is 31.2. The standard InChI is InChI=1S/C38H60NO8P/c1-6-8-10-12-14-16-18-32-20-24-34(25-21-32)37(40)44-30-36(31-46-48(42,43)45-29-28-39(3,4)5)47-38(41)35-26-22-33(23-27-35)19-17-15-13-11-9-7-2/h20-27,36H,6-19,28-31H2,1-5H3/t36-/m1/s1. The maximum Gasteiger partial charge on any atom is 0.338 e. The maximum atomic E-state index is 13.0. The Kier molecular flexibility index (Phi) is 19.9. The highest BCUT2D eigenvalue weighted by Gasteiger charge is 2.23. The predicted octanol–water partition coefficient (Wildman–Crippen LogP) is 8.08. The third-order valence-electron chi connectivity index (χ3n) is 8.12. The minimum absolute atomic E-state index is 0.0658. The van der Waals surface area contributed by atoms with Crippen molar-refractivity contribution in [1.82, 2.24) is 0 Å². The van der Waals surface area contributed by atoms with Gasteiger partial charge in [0.05, 0.1) is 38.9 Å². The second-order valence-electron chi connectivity index (χ2n) is 13.6. The largest absolute Gasteiger partial charge is 0.756 e. The molecule has 0 radical (unpaired) electrons. The number of esters is 2. The van der Waals surface area contributed by atoms with Crippen molar-refractivity contribution in [1.29, 1.82) is 0 Å². The highest BCUT2D eigenvalue weighted by molar-refractivity contribution is 7.45. The normalized spacial score (nSPS) is 13.5. The first-order valence-electron chi connectivity index (χ1n) is 17.9. The minimum atomic E-state index is -4.70. The first kappa shape index (κ1) is 41.6. The van der Waals surface area contributed by atoms with Gasteiger partial charge in [-0.3, -0.25) is 4.57 Å². The van der Waals surface area contributed by atoms with Gasteiger partial charge in [-0.2, -0.15) is 0 Å². The Labute approximate surface area is 289 Å². The van der Waals surface area contributed by atoms with Crippen molar-refractivity contribution in [2.75, 3.05) is 47.5 Å². The van der Waals surface area contributed by atoms with Crippen LogP contribution in [0.5, 0.6) is 0 Å². The summed E-state index contributed by atoms with van der Waals surface area (Å²) >= 11 is 0. The number of carbonyl (C=O) groups excluding carboxylic acids is 2. The van der Waals surface area contributed by atoms with Crippen LogP contribution in [0.2, 0.25) is 0 Å². The number of aryl methyl sites for hydroxylation is 2. The van der Waals surface area contributed by atoms with E-state index < -0.39 is 32.5 Å². The average molecular weight is 690 g/mol. The van der Waals surface area contributed by atoms with Crippen LogP contribution in [0.1, 0.15) is 123 Å². The average Bonchev–Trinajstić information content (AvgIpc) is 3.05. The van der Waals surface area contributed by atoms with E-state index in [0.29, 0.717) is 22.2 Å². The summed E-state index contributed by atoms with van der Waals surface area (Å²) in [5.41, 5.74) is 2.94. The summed E-state index contributed by atoms with van der Waals surface area (Å²) in [7, 11) is 1.04. The molecule has 0 aliphatic carbocycles. The van der Waals surface area contributed by atoms with Gasteiger partial charge in [0.1, 0.15) is 19.8 Å². The fraction of sp³-hybridized carbons (Fsp3) is 0.632. The molecule has 0 amide bonds. The number of quaternary nitrogens is 1. The Morgan fingerprint density at radius 1 is 0.667 bits per heavy atom. The molecular weight excluding hydrogens is 629 g/mol. The number of ether oxygens (including phenoxy) is 2. The van der Waals surface area contributed by atoms with Crippen molar-refractivity contribution in [3.8, 4) is 0 Å². The van der Waals surface area contributed by atoms with Crippen molar-refractivity contribution in [3.63, 3.8) is 0 Å². The van der Waals surface area contributed by atoms with Crippen LogP contribution in [0.3, 0.4) is 0 Å². The van der Waals surface area contributed by atoms with Gasteiger partial charge in [-0.1, -0.05) is 102 Å². The smallest absolute Gasteiger partial charge is 0.338 e. The van der Waals surface area contributed by atoms with E-state index in [-0.39, 0.29) is 13.2 Å². The summed E-state index contributed by atoms with van der Waals surface area (Å²) in [6, 6.07) is 14.4. The van der Waals surface area contributed by atoms with Crippen LogP contribution in [0.25, 0.3) is 0 Å². The zero-order chi connectivity index (χ0) is 35.3. The molecule has 2 aromatic carbocycles. The molecule has 10 heteroatoms. The van der Waals surface area contributed by atoms with Gasteiger partial charge in [-0.15, -0.1) is 0 Å². The molecule has 270 valence electrons. The van der Waals surface area contributed by atoms with Crippen LogP contribution in [0.4, 0.5) is 0 Å². The van der Waals surface area contributed by atoms with Crippen molar-refractivity contribution < 1.29 is 42.1 Å². The molecule has 9 nitrogen and oxygen atoms in total. The van der Waals surface area contributed by atoms with Crippen molar-refractivity contribution in [3.05, 3.63) is 70.8 Å². The lowest BCUT2D eigenvalue weighted by atomic mass is 10.0. The predicted molar refractivity (Wildman–Crippen MR) is 189 cm³/mol. The molecule has 0 aliphatic heterocycles. The van der Waals surface area contributed by atoms with Gasteiger partial charge in [0.15, 0.2) is 6.10 Å². The molecule has 2 atom stereocenters. The molecular formula is C38H60NO8P. The molecule has 0 saturated heterocycles.